The molecule has 1 aromatic carbocycles. The van der Waals surface area contributed by atoms with Gasteiger partial charge in [0.25, 0.3) is 5.91 Å². The molecule has 3 N–H and O–H groups in total. The van der Waals surface area contributed by atoms with Crippen molar-refractivity contribution in [3.63, 3.8) is 0 Å². The van der Waals surface area contributed by atoms with E-state index >= 15 is 0 Å². The minimum Gasteiger partial charge on any atom is -0.377 e. The lowest BCUT2D eigenvalue weighted by Gasteiger charge is -2.31. The molecule has 1 amide bonds. The number of allylic oxidation sites excluding steroid dienone is 1. The quantitative estimate of drug-likeness (QED) is 0.262. The summed E-state index contributed by atoms with van der Waals surface area (Å²) < 4.78 is 83.4. The van der Waals surface area contributed by atoms with Crippen molar-refractivity contribution in [2.75, 3.05) is 24.1 Å². The van der Waals surface area contributed by atoms with Crippen LogP contribution in [0.2, 0.25) is 0 Å². The van der Waals surface area contributed by atoms with Crippen LogP contribution in [-0.2, 0) is 12.4 Å². The van der Waals surface area contributed by atoms with Crippen LogP contribution in [0.15, 0.2) is 61.1 Å². The van der Waals surface area contributed by atoms with E-state index in [-0.39, 0.29) is 23.3 Å². The summed E-state index contributed by atoms with van der Waals surface area (Å²) in [5.41, 5.74) is 4.24. The van der Waals surface area contributed by atoms with Crippen LogP contribution < -0.4 is 11.1 Å². The van der Waals surface area contributed by atoms with Gasteiger partial charge in [0.2, 0.25) is 5.95 Å². The number of rotatable bonds is 5. The molecule has 1 atom stereocenters. The number of nitrogens with one attached hydrogen (secondary N) is 1. The number of nitrogen functional groups attached to an aromatic ring is 1. The molecule has 42 heavy (non-hydrogen) atoms. The fraction of sp³-hybridized carbons (Fsp3) is 0.286. The normalized spacial score (nSPS) is 16.4. The highest BCUT2D eigenvalue weighted by Crippen LogP contribution is 2.38. The number of fused-ring (bicyclic) bond motifs is 1. The van der Waals surface area contributed by atoms with Crippen molar-refractivity contribution in [1.29, 1.82) is 0 Å². The number of halogens is 6. The van der Waals surface area contributed by atoms with E-state index in [1.165, 1.54) is 16.7 Å². The molecule has 4 aromatic rings. The second-order valence-corrected chi connectivity index (χ2v) is 9.80. The molecule has 1 unspecified atom stereocenters. The number of imidazole rings is 1. The fourth-order valence-corrected chi connectivity index (χ4v) is 5.13. The number of nitrogens with two attached hydrogens (primary N) is 1. The minimum absolute atomic E-state index is 0.0207. The minimum atomic E-state index is -4.99. The third-order valence-electron chi connectivity index (χ3n) is 6.97. The summed E-state index contributed by atoms with van der Waals surface area (Å²) in [5, 5.41) is 2.03. The van der Waals surface area contributed by atoms with Gasteiger partial charge in [-0.05, 0) is 56.3 Å². The van der Waals surface area contributed by atoms with Gasteiger partial charge in [0.05, 0.1) is 27.9 Å². The number of aromatic nitrogens is 4. The van der Waals surface area contributed by atoms with Gasteiger partial charge in [-0.1, -0.05) is 12.1 Å². The Balaban J connectivity index is 1.56. The first-order valence-electron chi connectivity index (χ1n) is 12.9. The Morgan fingerprint density at radius 2 is 1.81 bits per heavy atom. The van der Waals surface area contributed by atoms with Crippen LogP contribution in [0, 0.1) is 0 Å². The molecule has 1 saturated heterocycles. The Morgan fingerprint density at radius 3 is 2.52 bits per heavy atom. The number of anilines is 2. The molecule has 8 nitrogen and oxygen atoms in total. The molecule has 0 saturated carbocycles. The first-order valence-corrected chi connectivity index (χ1v) is 12.9. The first-order chi connectivity index (χ1) is 19.9. The van der Waals surface area contributed by atoms with Crippen molar-refractivity contribution in [2.45, 2.75) is 38.0 Å². The lowest BCUT2D eigenvalue weighted by atomic mass is 9.94. The van der Waals surface area contributed by atoms with Crippen LogP contribution in [-0.4, -0.2) is 43.2 Å². The van der Waals surface area contributed by atoms with Crippen molar-refractivity contribution < 1.29 is 31.1 Å². The zero-order valence-electron chi connectivity index (χ0n) is 22.2. The summed E-state index contributed by atoms with van der Waals surface area (Å²) in [7, 11) is 0. The molecule has 3 aromatic heterocycles. The Kier molecular flexibility index (Phi) is 7.56. The molecule has 0 bridgehead atoms. The standard InChI is InChI=1S/C28H25F6N7O/c1-2-11-40-12-3-4-17(15-40)23-21-8-10-37-26(35)41(21)24(39-23)16-5-6-19(20(13-16)28(32,33)34)25(42)38-22-14-18(7-9-36-22)27(29,30)31/h2,5-11,13-14,17H,3-4,12,15H2,1H3,(H2,35,37)(H,36,38,42). The van der Waals surface area contributed by atoms with Gasteiger partial charge >= 0.3 is 12.4 Å². The molecular weight excluding hydrogens is 564 g/mol. The van der Waals surface area contributed by atoms with Crippen molar-refractivity contribution in [3.8, 4) is 11.4 Å². The number of hydrogen-bond donors (Lipinski definition) is 2. The van der Waals surface area contributed by atoms with Crippen LogP contribution in [0.25, 0.3) is 16.9 Å². The summed E-state index contributed by atoms with van der Waals surface area (Å²) in [6.07, 6.45) is -1.79. The highest BCUT2D eigenvalue weighted by atomic mass is 19.4. The summed E-state index contributed by atoms with van der Waals surface area (Å²) in [5.74, 6) is -1.71. The van der Waals surface area contributed by atoms with Crippen LogP contribution in [0.1, 0.15) is 52.9 Å². The third-order valence-corrected chi connectivity index (χ3v) is 6.97. The van der Waals surface area contributed by atoms with Crippen molar-refractivity contribution in [3.05, 3.63) is 83.5 Å². The van der Waals surface area contributed by atoms with Gasteiger partial charge in [0.15, 0.2) is 0 Å². The third kappa shape index (κ3) is 5.74. The lowest BCUT2D eigenvalue weighted by Crippen LogP contribution is -2.30. The Bertz CT molecular complexity index is 1660. The zero-order chi connectivity index (χ0) is 30.2. The Morgan fingerprint density at radius 1 is 1.05 bits per heavy atom. The Labute approximate surface area is 235 Å². The average Bonchev–Trinajstić information content (AvgIpc) is 3.33. The molecule has 0 aliphatic carbocycles. The smallest absolute Gasteiger partial charge is 0.377 e. The molecule has 5 rings (SSSR count). The summed E-state index contributed by atoms with van der Waals surface area (Å²) in [4.78, 5) is 27.5. The van der Waals surface area contributed by atoms with E-state index < -0.39 is 40.8 Å². The van der Waals surface area contributed by atoms with Gasteiger partial charge in [-0.25, -0.2) is 15.0 Å². The Hall–Kier alpha value is -4.62. The van der Waals surface area contributed by atoms with Crippen molar-refractivity contribution >= 4 is 23.2 Å². The maximum absolute atomic E-state index is 14.2. The van der Waals surface area contributed by atoms with Gasteiger partial charge in [0, 0.05) is 37.0 Å². The van der Waals surface area contributed by atoms with E-state index in [9.17, 15) is 31.1 Å². The topological polar surface area (TPSA) is 101 Å². The number of benzene rings is 1. The average molecular weight is 590 g/mol. The number of pyridine rings is 1. The number of nitrogens with zero attached hydrogens (tertiary/aromatic N) is 5. The van der Waals surface area contributed by atoms with E-state index in [4.69, 9.17) is 10.7 Å². The lowest BCUT2D eigenvalue weighted by molar-refractivity contribution is -0.138. The molecule has 0 radical (unpaired) electrons. The number of likely N-dealkylation sites (tertiary alicyclic amines) is 1. The summed E-state index contributed by atoms with van der Waals surface area (Å²) in [6.45, 7) is 3.45. The van der Waals surface area contributed by atoms with Gasteiger partial charge < -0.3 is 16.0 Å². The van der Waals surface area contributed by atoms with Gasteiger partial charge in [-0.2, -0.15) is 26.3 Å². The van der Waals surface area contributed by atoms with E-state index in [1.54, 1.807) is 6.07 Å². The van der Waals surface area contributed by atoms with Crippen molar-refractivity contribution in [2.24, 2.45) is 0 Å². The van der Waals surface area contributed by atoms with Gasteiger partial charge in [-0.15, -0.1) is 0 Å². The van der Waals surface area contributed by atoms with Gasteiger partial charge in [0.1, 0.15) is 11.6 Å². The van der Waals surface area contributed by atoms with Crippen molar-refractivity contribution in [1.82, 2.24) is 24.3 Å². The van der Waals surface area contributed by atoms with E-state index in [0.29, 0.717) is 29.9 Å². The fourth-order valence-electron chi connectivity index (χ4n) is 5.13. The maximum atomic E-state index is 14.2. The molecule has 220 valence electrons. The number of alkyl halides is 6. The SMILES string of the molecule is CC=CN1CCCC(c2nc(-c3ccc(C(=O)Nc4cc(C(F)(F)F)ccn4)c(C(F)(F)F)c3)n3c(N)nccc23)C1. The number of hydrogen-bond acceptors (Lipinski definition) is 6. The predicted molar refractivity (Wildman–Crippen MR) is 143 cm³/mol. The highest BCUT2D eigenvalue weighted by Gasteiger charge is 2.37. The maximum Gasteiger partial charge on any atom is 0.417 e. The molecule has 0 spiro atoms. The zero-order valence-corrected chi connectivity index (χ0v) is 22.2. The number of carbonyl (C=O) groups is 1. The van der Waals surface area contributed by atoms with E-state index in [2.05, 4.69) is 14.9 Å². The molecule has 1 aliphatic rings. The second-order valence-electron chi connectivity index (χ2n) is 9.80. The van der Waals surface area contributed by atoms with Crippen LogP contribution in [0.4, 0.5) is 38.1 Å². The second kappa shape index (κ2) is 11.0. The summed E-state index contributed by atoms with van der Waals surface area (Å²) in [6, 6.07) is 5.92. The van der Waals surface area contributed by atoms with E-state index in [0.717, 1.165) is 37.7 Å². The molecule has 1 aliphatic heterocycles. The van der Waals surface area contributed by atoms with Crippen LogP contribution >= 0.6 is 0 Å². The number of amides is 1. The molecule has 4 heterocycles. The monoisotopic (exact) mass is 589 g/mol. The summed E-state index contributed by atoms with van der Waals surface area (Å²) >= 11 is 0. The highest BCUT2D eigenvalue weighted by molar-refractivity contribution is 6.05. The molecule has 14 heteroatoms. The van der Waals surface area contributed by atoms with Gasteiger partial charge in [-0.3, -0.25) is 9.20 Å². The predicted octanol–water partition coefficient (Wildman–Crippen LogP) is 6.38. The van der Waals surface area contributed by atoms with Crippen LogP contribution in [0.3, 0.4) is 0 Å². The first kappa shape index (κ1) is 28.9. The van der Waals surface area contributed by atoms with E-state index in [1.807, 2.05) is 24.5 Å². The number of carbonyl (C=O) groups excluding carboxylic acids is 1. The largest absolute Gasteiger partial charge is 0.417 e. The molecule has 1 fully saturated rings. The van der Waals surface area contributed by atoms with Crippen LogP contribution in [0.5, 0.6) is 0 Å². The molecular formula is C28H25F6N7O. The number of piperidine rings is 1.